The van der Waals surface area contributed by atoms with Crippen molar-refractivity contribution in [2.45, 2.75) is 12.5 Å². The van der Waals surface area contributed by atoms with Crippen molar-refractivity contribution in [2.75, 3.05) is 5.32 Å². The number of benzene rings is 3. The molecule has 8 nitrogen and oxygen atoms in total. The minimum Gasteiger partial charge on any atom is -0.324 e. The van der Waals surface area contributed by atoms with E-state index in [9.17, 15) is 24.5 Å². The maximum atomic E-state index is 13.2. The van der Waals surface area contributed by atoms with Gasteiger partial charge in [-0.3, -0.25) is 29.4 Å². The summed E-state index contributed by atoms with van der Waals surface area (Å²) in [5.41, 5.74) is 1.08. The molecule has 1 aliphatic rings. The van der Waals surface area contributed by atoms with E-state index in [2.05, 4.69) is 5.32 Å². The lowest BCUT2D eigenvalue weighted by Gasteiger charge is -2.25. The number of halogens is 1. The summed E-state index contributed by atoms with van der Waals surface area (Å²) in [6.07, 6.45) is -0.0977. The number of rotatable bonds is 6. The number of nitro groups is 1. The number of nitro benzene ring substituents is 1. The van der Waals surface area contributed by atoms with Crippen molar-refractivity contribution in [3.63, 3.8) is 0 Å². The molecule has 3 aromatic rings. The fourth-order valence-corrected chi connectivity index (χ4v) is 3.79. The van der Waals surface area contributed by atoms with Crippen molar-refractivity contribution in [2.24, 2.45) is 0 Å². The highest BCUT2D eigenvalue weighted by Gasteiger charge is 2.42. The Morgan fingerprint density at radius 3 is 2.25 bits per heavy atom. The van der Waals surface area contributed by atoms with E-state index in [0.29, 0.717) is 16.3 Å². The van der Waals surface area contributed by atoms with Crippen LogP contribution in [0.15, 0.2) is 72.8 Å². The molecule has 0 bridgehead atoms. The largest absolute Gasteiger partial charge is 0.324 e. The van der Waals surface area contributed by atoms with E-state index in [1.807, 2.05) is 0 Å². The second kappa shape index (κ2) is 8.60. The molecule has 160 valence electrons. The van der Waals surface area contributed by atoms with Gasteiger partial charge in [0.25, 0.3) is 17.5 Å². The second-order valence-corrected chi connectivity index (χ2v) is 7.61. The molecule has 1 aliphatic heterocycles. The van der Waals surface area contributed by atoms with Gasteiger partial charge in [-0.1, -0.05) is 41.9 Å². The second-order valence-electron chi connectivity index (χ2n) is 7.17. The lowest BCUT2D eigenvalue weighted by atomic mass is 10.0. The van der Waals surface area contributed by atoms with E-state index in [1.165, 1.54) is 36.4 Å². The average molecular weight is 450 g/mol. The number of nitrogens with zero attached hydrogens (tertiary/aromatic N) is 2. The number of amides is 3. The third-order valence-corrected chi connectivity index (χ3v) is 5.32. The van der Waals surface area contributed by atoms with Crippen LogP contribution in [-0.2, 0) is 11.2 Å². The van der Waals surface area contributed by atoms with Crippen molar-refractivity contribution < 1.29 is 19.3 Å². The molecule has 1 N–H and O–H groups in total. The van der Waals surface area contributed by atoms with E-state index >= 15 is 0 Å². The molecular formula is C23H16ClN3O5. The molecule has 0 aromatic heterocycles. The highest BCUT2D eigenvalue weighted by atomic mass is 35.5. The van der Waals surface area contributed by atoms with Crippen molar-refractivity contribution >= 4 is 40.7 Å². The number of hydrogen-bond donors (Lipinski definition) is 1. The highest BCUT2D eigenvalue weighted by Crippen LogP contribution is 2.27. The molecule has 32 heavy (non-hydrogen) atoms. The molecule has 0 saturated heterocycles. The van der Waals surface area contributed by atoms with Gasteiger partial charge in [0.1, 0.15) is 6.04 Å². The van der Waals surface area contributed by atoms with Gasteiger partial charge in [-0.2, -0.15) is 0 Å². The number of carbonyl (C=O) groups is 3. The number of anilines is 1. The van der Waals surface area contributed by atoms with Gasteiger partial charge in [0, 0.05) is 29.3 Å². The average Bonchev–Trinajstić information content (AvgIpc) is 3.02. The van der Waals surface area contributed by atoms with Gasteiger partial charge >= 0.3 is 0 Å². The van der Waals surface area contributed by atoms with Crippen molar-refractivity contribution in [1.82, 2.24) is 4.90 Å². The molecule has 1 unspecified atom stereocenters. The van der Waals surface area contributed by atoms with Gasteiger partial charge in [-0.15, -0.1) is 0 Å². The topological polar surface area (TPSA) is 110 Å². The first-order chi connectivity index (χ1) is 15.3. The lowest BCUT2D eigenvalue weighted by molar-refractivity contribution is -0.384. The smallest absolute Gasteiger partial charge is 0.269 e. The number of non-ortho nitro benzene ring substituents is 1. The summed E-state index contributed by atoms with van der Waals surface area (Å²) in [6, 6.07) is 17.3. The summed E-state index contributed by atoms with van der Waals surface area (Å²) in [4.78, 5) is 50.8. The maximum Gasteiger partial charge on any atom is 0.269 e. The Balaban J connectivity index is 1.71. The van der Waals surface area contributed by atoms with Crippen LogP contribution in [0.5, 0.6) is 0 Å². The Morgan fingerprint density at radius 1 is 0.969 bits per heavy atom. The molecule has 9 heteroatoms. The molecule has 0 spiro atoms. The zero-order valence-electron chi connectivity index (χ0n) is 16.5. The molecule has 4 rings (SSSR count). The Labute approximate surface area is 187 Å². The van der Waals surface area contributed by atoms with Gasteiger partial charge in [-0.25, -0.2) is 0 Å². The van der Waals surface area contributed by atoms with Crippen LogP contribution in [0.25, 0.3) is 0 Å². The highest BCUT2D eigenvalue weighted by molar-refractivity contribution is 6.31. The first-order valence-electron chi connectivity index (χ1n) is 9.62. The van der Waals surface area contributed by atoms with Crippen LogP contribution in [0.3, 0.4) is 0 Å². The minimum absolute atomic E-state index is 0.0977. The zero-order chi connectivity index (χ0) is 22.8. The Hall–Kier alpha value is -4.04. The number of imide groups is 1. The fraction of sp³-hybridized carbons (Fsp3) is 0.0870. The third-order valence-electron chi connectivity index (χ3n) is 5.08. The first-order valence-corrected chi connectivity index (χ1v) is 9.99. The number of nitrogens with one attached hydrogen (secondary N) is 1. The third kappa shape index (κ3) is 4.08. The summed E-state index contributed by atoms with van der Waals surface area (Å²) in [5.74, 6) is -1.81. The first kappa shape index (κ1) is 21.2. The van der Waals surface area contributed by atoms with Gasteiger partial charge in [0.05, 0.1) is 16.1 Å². The summed E-state index contributed by atoms with van der Waals surface area (Å²) in [5, 5.41) is 14.2. The molecule has 3 amide bonds. The predicted octanol–water partition coefficient (Wildman–Crippen LogP) is 4.09. The monoisotopic (exact) mass is 449 g/mol. The van der Waals surface area contributed by atoms with E-state index in [0.717, 1.165) is 4.90 Å². The quantitative estimate of drug-likeness (QED) is 0.346. The van der Waals surface area contributed by atoms with Crippen LogP contribution in [-0.4, -0.2) is 33.6 Å². The zero-order valence-corrected chi connectivity index (χ0v) is 17.3. The summed E-state index contributed by atoms with van der Waals surface area (Å²) < 4.78 is 0. The lowest BCUT2D eigenvalue weighted by Crippen LogP contribution is -2.48. The molecule has 0 aliphatic carbocycles. The van der Waals surface area contributed by atoms with Gasteiger partial charge in [-0.05, 0) is 35.9 Å². The normalized spacial score (nSPS) is 13.6. The maximum absolute atomic E-state index is 13.2. The van der Waals surface area contributed by atoms with Crippen LogP contribution in [0.4, 0.5) is 11.4 Å². The van der Waals surface area contributed by atoms with Crippen LogP contribution in [0.1, 0.15) is 26.3 Å². The summed E-state index contributed by atoms with van der Waals surface area (Å²) in [6.45, 7) is 0. The van der Waals surface area contributed by atoms with E-state index in [1.54, 1.807) is 36.4 Å². The van der Waals surface area contributed by atoms with Gasteiger partial charge in [0.15, 0.2) is 0 Å². The molecule has 0 saturated carbocycles. The number of fused-ring (bicyclic) bond motifs is 1. The van der Waals surface area contributed by atoms with Crippen LogP contribution < -0.4 is 5.32 Å². The number of carbonyl (C=O) groups excluding carboxylic acids is 3. The SMILES string of the molecule is O=C(Nc1cccc(Cl)c1)C(Cc1cccc([N+](=O)[O-])c1)N1C(=O)c2ccccc2C1=O. The fourth-order valence-electron chi connectivity index (χ4n) is 3.60. The van der Waals surface area contributed by atoms with Crippen molar-refractivity contribution in [3.8, 4) is 0 Å². The van der Waals surface area contributed by atoms with Gasteiger partial charge < -0.3 is 5.32 Å². The Kier molecular flexibility index (Phi) is 5.70. The van der Waals surface area contributed by atoms with Crippen molar-refractivity contribution in [3.05, 3.63) is 105 Å². The van der Waals surface area contributed by atoms with E-state index in [4.69, 9.17) is 11.6 Å². The Bertz CT molecular complexity index is 1220. The standard InChI is InChI=1S/C23H16ClN3O5/c24-15-6-4-7-16(13-15)25-21(28)20(12-14-5-3-8-17(11-14)27(31)32)26-22(29)18-9-1-2-10-19(18)23(26)30/h1-11,13,20H,12H2,(H,25,28). The van der Waals surface area contributed by atoms with Gasteiger partial charge in [0.2, 0.25) is 5.91 Å². The summed E-state index contributed by atoms with van der Waals surface area (Å²) >= 11 is 5.99. The molecule has 1 heterocycles. The molecule has 1 atom stereocenters. The molecule has 0 fully saturated rings. The predicted molar refractivity (Wildman–Crippen MR) is 118 cm³/mol. The molecule has 3 aromatic carbocycles. The van der Waals surface area contributed by atoms with E-state index < -0.39 is 28.7 Å². The van der Waals surface area contributed by atoms with Crippen LogP contribution in [0.2, 0.25) is 5.02 Å². The van der Waals surface area contributed by atoms with E-state index in [-0.39, 0.29) is 23.2 Å². The number of hydrogen-bond acceptors (Lipinski definition) is 5. The molecular weight excluding hydrogens is 434 g/mol. The van der Waals surface area contributed by atoms with Crippen LogP contribution in [0, 0.1) is 10.1 Å². The summed E-state index contributed by atoms with van der Waals surface area (Å²) in [7, 11) is 0. The molecule has 0 radical (unpaired) electrons. The Morgan fingerprint density at radius 2 is 1.62 bits per heavy atom. The minimum atomic E-state index is -1.23. The van der Waals surface area contributed by atoms with Crippen LogP contribution >= 0.6 is 11.6 Å². The van der Waals surface area contributed by atoms with Crippen molar-refractivity contribution in [1.29, 1.82) is 0 Å².